The number of urea groups is 1. The van der Waals surface area contributed by atoms with Crippen molar-refractivity contribution in [2.24, 2.45) is 0 Å². The smallest absolute Gasteiger partial charge is 0.319 e. The lowest BCUT2D eigenvalue weighted by Crippen LogP contribution is -2.49. The van der Waals surface area contributed by atoms with Gasteiger partial charge in [-0.25, -0.2) is 4.79 Å². The molecule has 5 nitrogen and oxygen atoms in total. The molecule has 2 aliphatic rings. The van der Waals surface area contributed by atoms with Gasteiger partial charge < -0.3 is 19.9 Å². The van der Waals surface area contributed by atoms with E-state index in [2.05, 4.69) is 5.32 Å². The van der Waals surface area contributed by atoms with Gasteiger partial charge in [-0.1, -0.05) is 0 Å². The predicted molar refractivity (Wildman–Crippen MR) is 70.7 cm³/mol. The molecule has 1 unspecified atom stereocenters. The summed E-state index contributed by atoms with van der Waals surface area (Å²) >= 11 is 0. The van der Waals surface area contributed by atoms with Crippen molar-refractivity contribution in [3.63, 3.8) is 0 Å². The lowest BCUT2D eigenvalue weighted by Gasteiger charge is -2.34. The molecule has 104 valence electrons. The number of carbonyl (C=O) groups is 1. The molecule has 1 N–H and O–H groups in total. The van der Waals surface area contributed by atoms with Crippen LogP contribution in [0.2, 0.25) is 0 Å². The van der Waals surface area contributed by atoms with Crippen LogP contribution in [0.5, 0.6) is 0 Å². The highest BCUT2D eigenvalue weighted by atomic mass is 16.5. The molecule has 18 heavy (non-hydrogen) atoms. The number of carbonyl (C=O) groups excluding carboxylic acids is 1. The van der Waals surface area contributed by atoms with Gasteiger partial charge >= 0.3 is 6.03 Å². The topological polar surface area (TPSA) is 44.8 Å². The van der Waals surface area contributed by atoms with Gasteiger partial charge in [0.15, 0.2) is 0 Å². The molecular formula is C13H25N3O2. The first kappa shape index (κ1) is 13.6. The molecule has 0 aromatic rings. The fourth-order valence-electron chi connectivity index (χ4n) is 2.66. The van der Waals surface area contributed by atoms with Gasteiger partial charge in [0.05, 0.1) is 6.10 Å². The van der Waals surface area contributed by atoms with E-state index in [1.54, 1.807) is 4.90 Å². The SMILES string of the molecule is CN(C)C(=O)N1CCC(NCC2CCCO2)CC1. The summed E-state index contributed by atoms with van der Waals surface area (Å²) in [4.78, 5) is 15.4. The van der Waals surface area contributed by atoms with Crippen molar-refractivity contribution in [3.05, 3.63) is 0 Å². The summed E-state index contributed by atoms with van der Waals surface area (Å²) in [7, 11) is 3.62. The van der Waals surface area contributed by atoms with Crippen LogP contribution in [0.3, 0.4) is 0 Å². The van der Waals surface area contributed by atoms with Crippen LogP contribution in [0.25, 0.3) is 0 Å². The fourth-order valence-corrected chi connectivity index (χ4v) is 2.66. The summed E-state index contributed by atoms with van der Waals surface area (Å²) in [5.74, 6) is 0. The third kappa shape index (κ3) is 3.59. The lowest BCUT2D eigenvalue weighted by atomic mass is 10.0. The van der Waals surface area contributed by atoms with Gasteiger partial charge in [-0.05, 0) is 25.7 Å². The molecule has 0 spiro atoms. The lowest BCUT2D eigenvalue weighted by molar-refractivity contribution is 0.102. The number of amides is 2. The van der Waals surface area contributed by atoms with Crippen LogP contribution in [0, 0.1) is 0 Å². The molecule has 0 aliphatic carbocycles. The number of nitrogens with zero attached hydrogens (tertiary/aromatic N) is 2. The van der Waals surface area contributed by atoms with Gasteiger partial charge in [0.2, 0.25) is 0 Å². The van der Waals surface area contributed by atoms with Gasteiger partial charge in [-0.3, -0.25) is 0 Å². The normalized spacial score (nSPS) is 25.4. The predicted octanol–water partition coefficient (Wildman–Crippen LogP) is 0.901. The van der Waals surface area contributed by atoms with Gasteiger partial charge in [0.25, 0.3) is 0 Å². The molecule has 0 bridgehead atoms. The fraction of sp³-hybridized carbons (Fsp3) is 0.923. The summed E-state index contributed by atoms with van der Waals surface area (Å²) in [5, 5.41) is 3.58. The molecule has 2 saturated heterocycles. The molecule has 2 heterocycles. The van der Waals surface area contributed by atoms with E-state index >= 15 is 0 Å². The van der Waals surface area contributed by atoms with Crippen molar-refractivity contribution < 1.29 is 9.53 Å². The third-order valence-electron chi connectivity index (χ3n) is 3.81. The average molecular weight is 255 g/mol. The zero-order valence-corrected chi connectivity index (χ0v) is 11.5. The molecule has 0 saturated carbocycles. The van der Waals surface area contributed by atoms with Crippen molar-refractivity contribution in [1.82, 2.24) is 15.1 Å². The number of likely N-dealkylation sites (tertiary alicyclic amines) is 1. The van der Waals surface area contributed by atoms with Crippen molar-refractivity contribution in [3.8, 4) is 0 Å². The zero-order valence-electron chi connectivity index (χ0n) is 11.5. The Hall–Kier alpha value is -0.810. The maximum atomic E-state index is 11.8. The second-order valence-electron chi connectivity index (χ2n) is 5.48. The van der Waals surface area contributed by atoms with E-state index in [0.717, 1.165) is 39.1 Å². The summed E-state index contributed by atoms with van der Waals surface area (Å²) in [5.41, 5.74) is 0. The first-order valence-electron chi connectivity index (χ1n) is 6.98. The quantitative estimate of drug-likeness (QED) is 0.815. The van der Waals surface area contributed by atoms with Crippen LogP contribution in [0.4, 0.5) is 4.79 Å². The Morgan fingerprint density at radius 2 is 2.06 bits per heavy atom. The van der Waals surface area contributed by atoms with Crippen molar-refractivity contribution in [1.29, 1.82) is 0 Å². The van der Waals surface area contributed by atoms with E-state index in [-0.39, 0.29) is 6.03 Å². The first-order valence-corrected chi connectivity index (χ1v) is 6.98. The molecule has 5 heteroatoms. The standard InChI is InChI=1S/C13H25N3O2/c1-15(2)13(17)16-7-5-11(6-8-16)14-10-12-4-3-9-18-12/h11-12,14H,3-10H2,1-2H3. The number of nitrogens with one attached hydrogen (secondary N) is 1. The van der Waals surface area contributed by atoms with Crippen molar-refractivity contribution >= 4 is 6.03 Å². The van der Waals surface area contributed by atoms with E-state index in [1.807, 2.05) is 19.0 Å². The first-order chi connectivity index (χ1) is 8.66. The highest BCUT2D eigenvalue weighted by Crippen LogP contribution is 2.14. The Balaban J connectivity index is 1.65. The minimum atomic E-state index is 0.132. The summed E-state index contributed by atoms with van der Waals surface area (Å²) < 4.78 is 5.60. The third-order valence-corrected chi connectivity index (χ3v) is 3.81. The van der Waals surface area contributed by atoms with E-state index in [0.29, 0.717) is 12.1 Å². The van der Waals surface area contributed by atoms with E-state index in [4.69, 9.17) is 4.74 Å². The Kier molecular flexibility index (Phi) is 4.83. The molecule has 0 aromatic carbocycles. The molecule has 1 atom stereocenters. The van der Waals surface area contributed by atoms with Gasteiger partial charge in [0, 0.05) is 46.4 Å². The Bertz CT molecular complexity index is 269. The molecule has 2 amide bonds. The van der Waals surface area contributed by atoms with E-state index < -0.39 is 0 Å². The highest BCUT2D eigenvalue weighted by Gasteiger charge is 2.24. The summed E-state index contributed by atoms with van der Waals surface area (Å²) in [6.07, 6.45) is 4.89. The van der Waals surface area contributed by atoms with E-state index in [1.165, 1.54) is 12.8 Å². The van der Waals surface area contributed by atoms with Crippen LogP contribution in [-0.4, -0.2) is 68.3 Å². The Morgan fingerprint density at radius 3 is 2.61 bits per heavy atom. The minimum Gasteiger partial charge on any atom is -0.377 e. The molecule has 2 aliphatic heterocycles. The monoisotopic (exact) mass is 255 g/mol. The maximum absolute atomic E-state index is 11.8. The van der Waals surface area contributed by atoms with Crippen LogP contribution in [0.15, 0.2) is 0 Å². The summed E-state index contributed by atoms with van der Waals surface area (Å²) in [6, 6.07) is 0.674. The molecule has 0 aromatic heterocycles. The summed E-state index contributed by atoms with van der Waals surface area (Å²) in [6.45, 7) is 3.61. The highest BCUT2D eigenvalue weighted by molar-refractivity contribution is 5.73. The van der Waals surface area contributed by atoms with Gasteiger partial charge in [0.1, 0.15) is 0 Å². The Morgan fingerprint density at radius 1 is 1.33 bits per heavy atom. The number of hydrogen-bond acceptors (Lipinski definition) is 3. The second kappa shape index (κ2) is 6.38. The zero-order chi connectivity index (χ0) is 13.0. The Labute approximate surface area is 109 Å². The van der Waals surface area contributed by atoms with Crippen LogP contribution in [-0.2, 0) is 4.74 Å². The van der Waals surface area contributed by atoms with Gasteiger partial charge in [-0.2, -0.15) is 0 Å². The van der Waals surface area contributed by atoms with Crippen LogP contribution in [0.1, 0.15) is 25.7 Å². The maximum Gasteiger partial charge on any atom is 0.319 e. The number of hydrogen-bond donors (Lipinski definition) is 1. The van der Waals surface area contributed by atoms with Crippen LogP contribution < -0.4 is 5.32 Å². The van der Waals surface area contributed by atoms with E-state index in [9.17, 15) is 4.79 Å². The molecule has 2 fully saturated rings. The van der Waals surface area contributed by atoms with Crippen LogP contribution >= 0.6 is 0 Å². The number of piperidine rings is 1. The molecule has 0 radical (unpaired) electrons. The largest absolute Gasteiger partial charge is 0.377 e. The minimum absolute atomic E-state index is 0.132. The second-order valence-corrected chi connectivity index (χ2v) is 5.48. The average Bonchev–Trinajstić information content (AvgIpc) is 2.89. The molecular weight excluding hydrogens is 230 g/mol. The number of ether oxygens (including phenoxy) is 1. The van der Waals surface area contributed by atoms with Crippen molar-refractivity contribution in [2.75, 3.05) is 40.3 Å². The van der Waals surface area contributed by atoms with Gasteiger partial charge in [-0.15, -0.1) is 0 Å². The number of rotatable bonds is 3. The molecule has 2 rings (SSSR count). The van der Waals surface area contributed by atoms with Crippen molar-refractivity contribution in [2.45, 2.75) is 37.8 Å².